The Kier molecular flexibility index (Phi) is 3.96. The number of carbonyl (C=O) groups is 1. The van der Waals surface area contributed by atoms with E-state index in [0.29, 0.717) is 5.13 Å². The number of nitrogens with zero attached hydrogens (tertiary/aromatic N) is 2. The molecule has 0 saturated heterocycles. The van der Waals surface area contributed by atoms with E-state index in [2.05, 4.69) is 20.6 Å². The molecule has 0 unspecified atom stereocenters. The number of hydrogen-bond acceptors (Lipinski definition) is 4. The van der Waals surface area contributed by atoms with Crippen LogP contribution in [0.3, 0.4) is 0 Å². The standard InChI is InChI=1S/C12H15N5OS/c1-7(2)14-11(18)16-10(13)17-12-15-8-5-3-4-6-9(8)19-12/h3-7H,1-2H3,(H4,13,14,15,16,17,18). The van der Waals surface area contributed by atoms with Crippen LogP contribution >= 0.6 is 11.3 Å². The Hall–Kier alpha value is -2.15. The van der Waals surface area contributed by atoms with E-state index in [4.69, 9.17) is 5.73 Å². The maximum atomic E-state index is 11.4. The number of carbonyl (C=O) groups excluding carboxylic acids is 1. The molecule has 0 aliphatic carbocycles. The quantitative estimate of drug-likeness (QED) is 0.578. The lowest BCUT2D eigenvalue weighted by Crippen LogP contribution is -2.45. The molecule has 6 nitrogen and oxygen atoms in total. The van der Waals surface area contributed by atoms with Crippen molar-refractivity contribution < 1.29 is 4.79 Å². The van der Waals surface area contributed by atoms with Crippen molar-refractivity contribution in [1.29, 1.82) is 0 Å². The molecule has 2 amide bonds. The van der Waals surface area contributed by atoms with Gasteiger partial charge in [0.15, 0.2) is 0 Å². The highest BCUT2D eigenvalue weighted by Crippen LogP contribution is 2.27. The normalized spacial score (nSPS) is 11.8. The summed E-state index contributed by atoms with van der Waals surface area (Å²) in [4.78, 5) is 19.8. The number of amides is 2. The third kappa shape index (κ3) is 3.65. The summed E-state index contributed by atoms with van der Waals surface area (Å²) < 4.78 is 1.03. The minimum absolute atomic E-state index is 0.0252. The highest BCUT2D eigenvalue weighted by molar-refractivity contribution is 7.22. The number of fused-ring (bicyclic) bond motifs is 1. The van der Waals surface area contributed by atoms with Crippen molar-refractivity contribution in [2.45, 2.75) is 19.9 Å². The molecule has 0 radical (unpaired) electrons. The van der Waals surface area contributed by atoms with Crippen LogP contribution in [0.1, 0.15) is 13.8 Å². The van der Waals surface area contributed by atoms with Crippen molar-refractivity contribution in [2.75, 3.05) is 0 Å². The van der Waals surface area contributed by atoms with E-state index < -0.39 is 0 Å². The smallest absolute Gasteiger partial charge is 0.321 e. The summed E-state index contributed by atoms with van der Waals surface area (Å²) in [6.45, 7) is 3.72. The molecule has 0 atom stereocenters. The highest BCUT2D eigenvalue weighted by atomic mass is 32.1. The zero-order chi connectivity index (χ0) is 13.8. The van der Waals surface area contributed by atoms with Gasteiger partial charge in [0, 0.05) is 6.04 Å². The Morgan fingerprint density at radius 3 is 2.84 bits per heavy atom. The van der Waals surface area contributed by atoms with Gasteiger partial charge in [-0.05, 0) is 26.0 Å². The second-order valence-corrected chi connectivity index (χ2v) is 5.22. The van der Waals surface area contributed by atoms with Gasteiger partial charge in [-0.15, -0.1) is 0 Å². The number of thiazole rings is 1. The lowest BCUT2D eigenvalue weighted by atomic mass is 10.3. The Balaban J connectivity index is 2.09. The molecule has 0 bridgehead atoms. The van der Waals surface area contributed by atoms with Gasteiger partial charge >= 0.3 is 6.03 Å². The van der Waals surface area contributed by atoms with Crippen LogP contribution in [-0.2, 0) is 0 Å². The number of benzene rings is 1. The fraction of sp³-hybridized carbons (Fsp3) is 0.250. The van der Waals surface area contributed by atoms with Crippen molar-refractivity contribution in [1.82, 2.24) is 15.6 Å². The van der Waals surface area contributed by atoms with Crippen molar-refractivity contribution in [3.63, 3.8) is 0 Å². The van der Waals surface area contributed by atoms with Crippen LogP contribution in [0.25, 0.3) is 10.2 Å². The van der Waals surface area contributed by atoms with Crippen LogP contribution in [0.2, 0.25) is 0 Å². The van der Waals surface area contributed by atoms with Crippen LogP contribution in [0.5, 0.6) is 0 Å². The van der Waals surface area contributed by atoms with Gasteiger partial charge in [0.1, 0.15) is 0 Å². The maximum Gasteiger partial charge on any atom is 0.321 e. The van der Waals surface area contributed by atoms with Crippen molar-refractivity contribution in [3.05, 3.63) is 24.3 Å². The van der Waals surface area contributed by atoms with Gasteiger partial charge in [-0.25, -0.2) is 9.78 Å². The van der Waals surface area contributed by atoms with Crippen molar-refractivity contribution in [2.24, 2.45) is 10.7 Å². The average Bonchev–Trinajstić information content (AvgIpc) is 2.68. The number of hydrogen-bond donors (Lipinski definition) is 3. The predicted molar refractivity (Wildman–Crippen MR) is 77.7 cm³/mol. The lowest BCUT2D eigenvalue weighted by molar-refractivity contribution is 0.243. The number of aromatic nitrogens is 1. The monoisotopic (exact) mass is 277 g/mol. The molecule has 0 fully saturated rings. The first-order chi connectivity index (χ1) is 9.04. The molecule has 7 heteroatoms. The molecular formula is C12H15N5OS. The zero-order valence-corrected chi connectivity index (χ0v) is 11.5. The number of nitrogens with one attached hydrogen (secondary N) is 2. The molecule has 4 N–H and O–H groups in total. The van der Waals surface area contributed by atoms with Gasteiger partial charge in [-0.1, -0.05) is 23.5 Å². The van der Waals surface area contributed by atoms with Gasteiger partial charge in [0.25, 0.3) is 0 Å². The third-order valence-corrected chi connectivity index (χ3v) is 3.09. The Morgan fingerprint density at radius 2 is 2.16 bits per heavy atom. The van der Waals surface area contributed by atoms with E-state index in [1.54, 1.807) is 0 Å². The van der Waals surface area contributed by atoms with Crippen LogP contribution < -0.4 is 16.4 Å². The summed E-state index contributed by atoms with van der Waals surface area (Å²) in [6.07, 6.45) is 0. The third-order valence-electron chi connectivity index (χ3n) is 2.16. The van der Waals surface area contributed by atoms with Crippen LogP contribution in [-0.4, -0.2) is 23.0 Å². The van der Waals surface area contributed by atoms with E-state index in [1.807, 2.05) is 38.1 Å². The minimum atomic E-state index is -0.377. The van der Waals surface area contributed by atoms with E-state index in [0.717, 1.165) is 10.2 Å². The first kappa shape index (κ1) is 13.3. The highest BCUT2D eigenvalue weighted by Gasteiger charge is 2.06. The van der Waals surface area contributed by atoms with Gasteiger partial charge in [0.05, 0.1) is 10.2 Å². The summed E-state index contributed by atoms with van der Waals surface area (Å²) in [7, 11) is 0. The Morgan fingerprint density at radius 1 is 1.42 bits per heavy atom. The predicted octanol–water partition coefficient (Wildman–Crippen LogP) is 1.95. The van der Waals surface area contributed by atoms with Crippen LogP contribution in [0.15, 0.2) is 29.3 Å². The lowest BCUT2D eigenvalue weighted by Gasteiger charge is -2.08. The molecule has 1 aromatic carbocycles. The number of rotatable bonds is 2. The number of aliphatic imine (C=N–C) groups is 1. The van der Waals surface area contributed by atoms with E-state index >= 15 is 0 Å². The second kappa shape index (κ2) is 5.66. The average molecular weight is 277 g/mol. The SMILES string of the molecule is CC(C)NC(=O)N/C(N)=N/c1nc2ccccc2s1. The van der Waals surface area contributed by atoms with Gasteiger partial charge < -0.3 is 11.1 Å². The summed E-state index contributed by atoms with van der Waals surface area (Å²) in [5, 5.41) is 5.62. The largest absolute Gasteiger partial charge is 0.369 e. The summed E-state index contributed by atoms with van der Waals surface area (Å²) in [6, 6.07) is 7.37. The van der Waals surface area contributed by atoms with E-state index in [-0.39, 0.29) is 18.0 Å². The van der Waals surface area contributed by atoms with Crippen molar-refractivity contribution >= 4 is 38.7 Å². The number of guanidine groups is 1. The molecular weight excluding hydrogens is 262 g/mol. The van der Waals surface area contributed by atoms with E-state index in [9.17, 15) is 4.79 Å². The Labute approximate surface area is 114 Å². The molecule has 1 heterocycles. The molecule has 0 aliphatic heterocycles. The van der Waals surface area contributed by atoms with E-state index in [1.165, 1.54) is 11.3 Å². The topological polar surface area (TPSA) is 92.4 Å². The van der Waals surface area contributed by atoms with Gasteiger partial charge in [-0.3, -0.25) is 5.32 Å². The number of urea groups is 1. The fourth-order valence-corrected chi connectivity index (χ4v) is 2.30. The molecule has 2 rings (SSSR count). The summed E-state index contributed by atoms with van der Waals surface area (Å²) >= 11 is 1.42. The van der Waals surface area contributed by atoms with Gasteiger partial charge in [0.2, 0.25) is 11.1 Å². The number of para-hydroxylation sites is 1. The van der Waals surface area contributed by atoms with Crippen LogP contribution in [0, 0.1) is 0 Å². The molecule has 19 heavy (non-hydrogen) atoms. The van der Waals surface area contributed by atoms with Gasteiger partial charge in [-0.2, -0.15) is 4.99 Å². The Bertz CT molecular complexity index is 586. The number of nitrogens with two attached hydrogens (primary N) is 1. The molecule has 0 saturated carbocycles. The van der Waals surface area contributed by atoms with Crippen LogP contribution in [0.4, 0.5) is 9.93 Å². The van der Waals surface area contributed by atoms with Crippen molar-refractivity contribution in [3.8, 4) is 0 Å². The fourth-order valence-electron chi connectivity index (χ4n) is 1.45. The minimum Gasteiger partial charge on any atom is -0.369 e. The molecule has 1 aromatic heterocycles. The first-order valence-corrected chi connectivity index (χ1v) is 6.63. The molecule has 100 valence electrons. The molecule has 0 spiro atoms. The second-order valence-electron chi connectivity index (χ2n) is 4.21. The first-order valence-electron chi connectivity index (χ1n) is 5.82. The summed E-state index contributed by atoms with van der Waals surface area (Å²) in [5.41, 5.74) is 6.52. The zero-order valence-electron chi connectivity index (χ0n) is 10.7. The summed E-state index contributed by atoms with van der Waals surface area (Å²) in [5.74, 6) is 0.0252. The molecule has 2 aromatic rings. The maximum absolute atomic E-state index is 11.4. The molecule has 0 aliphatic rings.